The molecular weight excluding hydrogens is 739 g/mol. The standard InChI is InChI=1S/C51H95NO7/c1-7-12-15-18-21-22-23-24-25-26-27-28-29-30-33-37-49(53)59-46-48(44-50(54)55-43-36-40-52(10-4)11-5)45-58-47(6)38-39-51(56-41-34-31-19-16-13-8-2)57-42-35-32-20-17-14-9-3/h21-22,24-25,48,51H,6-20,23,26-46H2,1-5H3/b22-21-,25-24-. The molecular formula is C51H95NO7. The minimum absolute atomic E-state index is 0.117. The highest BCUT2D eigenvalue weighted by molar-refractivity contribution is 5.70. The first kappa shape index (κ1) is 56.8. The molecule has 1 atom stereocenters. The van der Waals surface area contributed by atoms with Crippen molar-refractivity contribution in [3.05, 3.63) is 36.6 Å². The van der Waals surface area contributed by atoms with Crippen LogP contribution < -0.4 is 0 Å². The number of rotatable bonds is 46. The van der Waals surface area contributed by atoms with E-state index in [0.29, 0.717) is 44.8 Å². The number of carbonyl (C=O) groups excluding carboxylic acids is 2. The van der Waals surface area contributed by atoms with E-state index in [9.17, 15) is 9.59 Å². The predicted molar refractivity (Wildman–Crippen MR) is 249 cm³/mol. The first-order valence-electron chi connectivity index (χ1n) is 24.8. The van der Waals surface area contributed by atoms with Gasteiger partial charge in [0, 0.05) is 44.9 Å². The Labute approximate surface area is 365 Å². The summed E-state index contributed by atoms with van der Waals surface area (Å²) in [7, 11) is 0. The number of nitrogens with zero attached hydrogens (tertiary/aromatic N) is 1. The monoisotopic (exact) mass is 834 g/mol. The summed E-state index contributed by atoms with van der Waals surface area (Å²) in [6, 6.07) is 0. The third-order valence-corrected chi connectivity index (χ3v) is 10.8. The lowest BCUT2D eigenvalue weighted by molar-refractivity contribution is -0.151. The fraction of sp³-hybridized carbons (Fsp3) is 0.843. The lowest BCUT2D eigenvalue weighted by Crippen LogP contribution is -2.26. The largest absolute Gasteiger partial charge is 0.498 e. The van der Waals surface area contributed by atoms with Gasteiger partial charge in [-0.1, -0.05) is 162 Å². The second-order valence-corrected chi connectivity index (χ2v) is 16.4. The Hall–Kier alpha value is -2.16. The molecule has 8 nitrogen and oxygen atoms in total. The van der Waals surface area contributed by atoms with Gasteiger partial charge >= 0.3 is 11.9 Å². The maximum absolute atomic E-state index is 12.9. The van der Waals surface area contributed by atoms with E-state index in [4.69, 9.17) is 23.7 Å². The van der Waals surface area contributed by atoms with Crippen LogP contribution in [-0.4, -0.2) is 75.8 Å². The number of hydrogen-bond donors (Lipinski definition) is 0. The van der Waals surface area contributed by atoms with Crippen molar-refractivity contribution >= 4 is 11.9 Å². The number of carbonyl (C=O) groups is 2. The molecule has 0 radical (unpaired) electrons. The average Bonchev–Trinajstić information content (AvgIpc) is 3.24. The zero-order chi connectivity index (χ0) is 43.3. The molecule has 0 spiro atoms. The fourth-order valence-corrected chi connectivity index (χ4v) is 6.83. The molecule has 8 heteroatoms. The molecule has 0 saturated heterocycles. The van der Waals surface area contributed by atoms with Crippen LogP contribution in [-0.2, 0) is 33.3 Å². The van der Waals surface area contributed by atoms with Crippen LogP contribution in [0, 0.1) is 5.92 Å². The molecule has 0 N–H and O–H groups in total. The summed E-state index contributed by atoms with van der Waals surface area (Å²) in [5.74, 6) is -0.213. The van der Waals surface area contributed by atoms with Crippen LogP contribution in [0.15, 0.2) is 36.6 Å². The van der Waals surface area contributed by atoms with Crippen molar-refractivity contribution in [3.8, 4) is 0 Å². The molecule has 0 rings (SSSR count). The van der Waals surface area contributed by atoms with E-state index < -0.39 is 0 Å². The van der Waals surface area contributed by atoms with E-state index in [1.807, 2.05) is 0 Å². The summed E-state index contributed by atoms with van der Waals surface area (Å²) in [5.41, 5.74) is 0. The van der Waals surface area contributed by atoms with Crippen LogP contribution in [0.5, 0.6) is 0 Å². The fourth-order valence-electron chi connectivity index (χ4n) is 6.83. The van der Waals surface area contributed by atoms with Gasteiger partial charge in [0.25, 0.3) is 0 Å². The topological polar surface area (TPSA) is 83.5 Å². The Bertz CT molecular complexity index is 977. The SMILES string of the molecule is C=C(CCC(OCCCCCCCC)OCCCCCCCC)OCC(COC(=O)CCCCCCC/C=C\C/C=C\CCCCC)CC(=O)OCCCN(CC)CC. The van der Waals surface area contributed by atoms with Crippen molar-refractivity contribution in [2.75, 3.05) is 52.7 Å². The van der Waals surface area contributed by atoms with E-state index in [-0.39, 0.29) is 43.8 Å². The van der Waals surface area contributed by atoms with Gasteiger partial charge in [0.1, 0.15) is 0 Å². The number of allylic oxidation sites excluding steroid dienone is 5. The van der Waals surface area contributed by atoms with Gasteiger partial charge in [-0.2, -0.15) is 0 Å². The maximum atomic E-state index is 12.9. The van der Waals surface area contributed by atoms with E-state index in [1.54, 1.807) is 0 Å². The summed E-state index contributed by atoms with van der Waals surface area (Å²) in [6.45, 7) is 20.1. The van der Waals surface area contributed by atoms with Crippen LogP contribution >= 0.6 is 0 Å². The van der Waals surface area contributed by atoms with E-state index in [2.05, 4.69) is 70.4 Å². The molecule has 346 valence electrons. The number of ether oxygens (including phenoxy) is 5. The minimum Gasteiger partial charge on any atom is -0.498 e. The summed E-state index contributed by atoms with van der Waals surface area (Å²) in [6.07, 6.45) is 38.5. The molecule has 0 aliphatic carbocycles. The summed E-state index contributed by atoms with van der Waals surface area (Å²) in [4.78, 5) is 27.9. The van der Waals surface area contributed by atoms with Crippen LogP contribution in [0.1, 0.15) is 214 Å². The van der Waals surface area contributed by atoms with Crippen molar-refractivity contribution in [2.45, 2.75) is 221 Å². The molecule has 0 aromatic heterocycles. The zero-order valence-corrected chi connectivity index (χ0v) is 39.4. The van der Waals surface area contributed by atoms with Gasteiger partial charge in [0.15, 0.2) is 6.29 Å². The summed E-state index contributed by atoms with van der Waals surface area (Å²) >= 11 is 0. The molecule has 0 aliphatic rings. The molecule has 0 saturated carbocycles. The molecule has 1 unspecified atom stereocenters. The molecule has 0 aromatic rings. The van der Waals surface area contributed by atoms with Crippen LogP contribution in [0.3, 0.4) is 0 Å². The van der Waals surface area contributed by atoms with Crippen molar-refractivity contribution in [2.24, 2.45) is 5.92 Å². The molecule has 0 bridgehead atoms. The Morgan fingerprint density at radius 1 is 0.525 bits per heavy atom. The van der Waals surface area contributed by atoms with Gasteiger partial charge in [-0.3, -0.25) is 9.59 Å². The van der Waals surface area contributed by atoms with Gasteiger partial charge in [-0.25, -0.2) is 0 Å². The second-order valence-electron chi connectivity index (χ2n) is 16.4. The first-order chi connectivity index (χ1) is 28.9. The molecule has 59 heavy (non-hydrogen) atoms. The minimum atomic E-state index is -0.320. The third-order valence-electron chi connectivity index (χ3n) is 10.8. The lowest BCUT2D eigenvalue weighted by atomic mass is 10.1. The van der Waals surface area contributed by atoms with E-state index in [0.717, 1.165) is 71.0 Å². The molecule has 0 aliphatic heterocycles. The van der Waals surface area contributed by atoms with E-state index in [1.165, 1.54) is 103 Å². The Morgan fingerprint density at radius 3 is 1.63 bits per heavy atom. The number of esters is 2. The van der Waals surface area contributed by atoms with Crippen LogP contribution in [0.4, 0.5) is 0 Å². The quantitative estimate of drug-likeness (QED) is 0.0197. The van der Waals surface area contributed by atoms with Crippen molar-refractivity contribution in [3.63, 3.8) is 0 Å². The normalized spacial score (nSPS) is 12.3. The smallest absolute Gasteiger partial charge is 0.306 e. The zero-order valence-electron chi connectivity index (χ0n) is 39.4. The van der Waals surface area contributed by atoms with Crippen LogP contribution in [0.2, 0.25) is 0 Å². The van der Waals surface area contributed by atoms with Crippen LogP contribution in [0.25, 0.3) is 0 Å². The summed E-state index contributed by atoms with van der Waals surface area (Å²) in [5, 5.41) is 0. The van der Waals surface area contributed by atoms with Gasteiger partial charge in [-0.05, 0) is 70.9 Å². The molecule has 0 amide bonds. The first-order valence-corrected chi connectivity index (χ1v) is 24.8. The molecule has 0 fully saturated rings. The third kappa shape index (κ3) is 41.0. The Kier molecular flexibility index (Phi) is 43.7. The molecule has 0 aromatic carbocycles. The van der Waals surface area contributed by atoms with Gasteiger partial charge in [0.05, 0.1) is 32.0 Å². The molecule has 0 heterocycles. The Morgan fingerprint density at radius 2 is 1.03 bits per heavy atom. The summed E-state index contributed by atoms with van der Waals surface area (Å²) < 4.78 is 29.8. The van der Waals surface area contributed by atoms with Gasteiger partial charge < -0.3 is 28.6 Å². The number of hydrogen-bond acceptors (Lipinski definition) is 8. The predicted octanol–water partition coefficient (Wildman–Crippen LogP) is 14.0. The van der Waals surface area contributed by atoms with Crippen molar-refractivity contribution < 1.29 is 33.3 Å². The number of unbranched alkanes of at least 4 members (excludes halogenated alkanes) is 18. The highest BCUT2D eigenvalue weighted by atomic mass is 16.7. The maximum Gasteiger partial charge on any atom is 0.306 e. The van der Waals surface area contributed by atoms with Crippen molar-refractivity contribution in [1.82, 2.24) is 4.90 Å². The van der Waals surface area contributed by atoms with Gasteiger partial charge in [-0.15, -0.1) is 0 Å². The highest BCUT2D eigenvalue weighted by Gasteiger charge is 2.20. The van der Waals surface area contributed by atoms with Gasteiger partial charge in [0.2, 0.25) is 0 Å². The highest BCUT2D eigenvalue weighted by Crippen LogP contribution is 2.17. The van der Waals surface area contributed by atoms with E-state index >= 15 is 0 Å². The Balaban J connectivity index is 4.83. The van der Waals surface area contributed by atoms with Crippen molar-refractivity contribution in [1.29, 1.82) is 0 Å². The second kappa shape index (κ2) is 45.4. The lowest BCUT2D eigenvalue weighted by Gasteiger charge is -2.21. The average molecular weight is 834 g/mol.